The summed E-state index contributed by atoms with van der Waals surface area (Å²) in [4.78, 5) is 26.0. The first-order valence-corrected chi connectivity index (χ1v) is 11.1. The van der Waals surface area contributed by atoms with E-state index in [4.69, 9.17) is 9.47 Å². The molecule has 2 atom stereocenters. The molecule has 0 aromatic heterocycles. The fraction of sp³-hybridized carbons (Fsp3) is 0.500. The zero-order chi connectivity index (χ0) is 24.6. The Balaban J connectivity index is 2.50. The van der Waals surface area contributed by atoms with Gasteiger partial charge < -0.3 is 9.47 Å². The van der Waals surface area contributed by atoms with Gasteiger partial charge in [0.1, 0.15) is 5.60 Å². The highest BCUT2D eigenvalue weighted by Crippen LogP contribution is 2.46. The van der Waals surface area contributed by atoms with Gasteiger partial charge in [0, 0.05) is 18.1 Å². The van der Waals surface area contributed by atoms with Crippen LogP contribution in [0.25, 0.3) is 0 Å². The highest BCUT2D eigenvalue weighted by Gasteiger charge is 2.43. The van der Waals surface area contributed by atoms with Gasteiger partial charge in [0.2, 0.25) is 0 Å². The summed E-state index contributed by atoms with van der Waals surface area (Å²) < 4.78 is 11.5. The fourth-order valence-electron chi connectivity index (χ4n) is 4.51. The number of carbonyl (C=O) groups excluding carboxylic acids is 2. The molecule has 4 heteroatoms. The lowest BCUT2D eigenvalue weighted by atomic mass is 9.67. The zero-order valence-electron chi connectivity index (χ0n) is 21.5. The molecule has 0 spiro atoms. The summed E-state index contributed by atoms with van der Waals surface area (Å²) in [5.41, 5.74) is 6.01. The molecule has 0 saturated carbocycles. The SMILES string of the molecule is COC1C(C)=C(C(=O)OC(C)(C)C)C(C)=C(C)C1(C)C=CC(=O)c1cc(C)c(C)cc1C. The van der Waals surface area contributed by atoms with Crippen LogP contribution in [0, 0.1) is 26.2 Å². The van der Waals surface area contributed by atoms with E-state index in [1.807, 2.05) is 87.4 Å². The maximum Gasteiger partial charge on any atom is 0.338 e. The molecule has 0 bridgehead atoms. The molecule has 2 unspecified atom stereocenters. The summed E-state index contributed by atoms with van der Waals surface area (Å²) >= 11 is 0. The molecule has 0 amide bonds. The third-order valence-corrected chi connectivity index (χ3v) is 6.60. The van der Waals surface area contributed by atoms with Crippen molar-refractivity contribution >= 4 is 11.8 Å². The quantitative estimate of drug-likeness (QED) is 0.304. The van der Waals surface area contributed by atoms with Gasteiger partial charge in [0.25, 0.3) is 0 Å². The number of hydrogen-bond acceptors (Lipinski definition) is 4. The fourth-order valence-corrected chi connectivity index (χ4v) is 4.51. The van der Waals surface area contributed by atoms with Crippen LogP contribution in [0.5, 0.6) is 0 Å². The van der Waals surface area contributed by atoms with Crippen LogP contribution in [0.3, 0.4) is 0 Å². The predicted octanol–water partition coefficient (Wildman–Crippen LogP) is 6.38. The third-order valence-electron chi connectivity index (χ3n) is 6.60. The van der Waals surface area contributed by atoms with E-state index in [0.717, 1.165) is 27.8 Å². The monoisotopic (exact) mass is 438 g/mol. The van der Waals surface area contributed by atoms with Crippen LogP contribution >= 0.6 is 0 Å². The summed E-state index contributed by atoms with van der Waals surface area (Å²) in [6.07, 6.45) is 3.18. The van der Waals surface area contributed by atoms with E-state index in [9.17, 15) is 9.59 Å². The van der Waals surface area contributed by atoms with Crippen LogP contribution in [0.2, 0.25) is 0 Å². The number of hydrogen-bond donors (Lipinski definition) is 0. The zero-order valence-corrected chi connectivity index (χ0v) is 21.5. The van der Waals surface area contributed by atoms with Gasteiger partial charge >= 0.3 is 5.97 Å². The largest absolute Gasteiger partial charge is 0.456 e. The topological polar surface area (TPSA) is 52.6 Å². The van der Waals surface area contributed by atoms with Crippen molar-refractivity contribution in [2.75, 3.05) is 7.11 Å². The Kier molecular flexibility index (Phi) is 7.41. The molecule has 32 heavy (non-hydrogen) atoms. The summed E-state index contributed by atoms with van der Waals surface area (Å²) in [6, 6.07) is 4.00. The summed E-state index contributed by atoms with van der Waals surface area (Å²) in [6.45, 7) is 19.5. The van der Waals surface area contributed by atoms with Crippen LogP contribution in [-0.2, 0) is 14.3 Å². The van der Waals surface area contributed by atoms with Gasteiger partial charge in [-0.25, -0.2) is 4.79 Å². The normalized spacial score (nSPS) is 22.0. The first kappa shape index (κ1) is 25.8. The van der Waals surface area contributed by atoms with Crippen LogP contribution in [0.4, 0.5) is 0 Å². The number of allylic oxidation sites excluding steroid dienone is 1. The second kappa shape index (κ2) is 9.19. The van der Waals surface area contributed by atoms with Gasteiger partial charge in [-0.1, -0.05) is 17.7 Å². The molecule has 0 aliphatic heterocycles. The van der Waals surface area contributed by atoms with E-state index < -0.39 is 17.1 Å². The van der Waals surface area contributed by atoms with Crippen molar-refractivity contribution in [2.24, 2.45) is 5.41 Å². The van der Waals surface area contributed by atoms with Crippen LogP contribution in [0.1, 0.15) is 75.5 Å². The van der Waals surface area contributed by atoms with E-state index in [1.54, 1.807) is 13.2 Å². The Labute approximate surface area is 193 Å². The molecule has 1 aliphatic carbocycles. The van der Waals surface area contributed by atoms with Gasteiger partial charge in [-0.2, -0.15) is 0 Å². The lowest BCUT2D eigenvalue weighted by Gasteiger charge is -2.42. The third kappa shape index (κ3) is 4.96. The van der Waals surface area contributed by atoms with E-state index in [1.165, 1.54) is 5.56 Å². The maximum absolute atomic E-state index is 13.1. The lowest BCUT2D eigenvalue weighted by molar-refractivity contribution is -0.149. The minimum Gasteiger partial charge on any atom is -0.456 e. The molecule has 4 nitrogen and oxygen atoms in total. The van der Waals surface area contributed by atoms with E-state index in [-0.39, 0.29) is 11.8 Å². The standard InChI is InChI=1S/C28H38O4/c1-16-14-18(3)22(15-17(16)2)23(29)12-13-28(10)21(6)19(4)24(20(5)25(28)31-11)26(30)32-27(7,8)9/h12-15,25H,1-11H3. The molecular weight excluding hydrogens is 400 g/mol. The number of esters is 1. The molecule has 174 valence electrons. The van der Waals surface area contributed by atoms with Crippen LogP contribution < -0.4 is 0 Å². The minimum absolute atomic E-state index is 0.0355. The number of benzene rings is 1. The van der Waals surface area contributed by atoms with Crippen molar-refractivity contribution in [3.05, 3.63) is 68.8 Å². The maximum atomic E-state index is 13.1. The van der Waals surface area contributed by atoms with Gasteiger partial charge in [0.05, 0.1) is 11.7 Å². The Morgan fingerprint density at radius 1 is 0.969 bits per heavy atom. The molecular formula is C28H38O4. The van der Waals surface area contributed by atoms with Crippen molar-refractivity contribution in [2.45, 2.75) is 80.9 Å². The Morgan fingerprint density at radius 3 is 2.06 bits per heavy atom. The highest BCUT2D eigenvalue weighted by atomic mass is 16.6. The number of carbonyl (C=O) groups is 2. The number of aryl methyl sites for hydroxylation is 3. The number of rotatable bonds is 5. The van der Waals surface area contributed by atoms with Crippen molar-refractivity contribution < 1.29 is 19.1 Å². The Bertz CT molecular complexity index is 1030. The number of ether oxygens (including phenoxy) is 2. The van der Waals surface area contributed by atoms with E-state index in [2.05, 4.69) is 0 Å². The average molecular weight is 439 g/mol. The van der Waals surface area contributed by atoms with Gasteiger partial charge in [0.15, 0.2) is 5.78 Å². The van der Waals surface area contributed by atoms with Crippen molar-refractivity contribution in [1.29, 1.82) is 0 Å². The minimum atomic E-state index is -0.585. The number of ketones is 1. The first-order valence-electron chi connectivity index (χ1n) is 11.1. The van der Waals surface area contributed by atoms with Gasteiger partial charge in [-0.15, -0.1) is 0 Å². The molecule has 0 fully saturated rings. The van der Waals surface area contributed by atoms with Crippen LogP contribution in [0.15, 0.2) is 46.6 Å². The molecule has 0 radical (unpaired) electrons. The van der Waals surface area contributed by atoms with Gasteiger partial charge in [-0.3, -0.25) is 4.79 Å². The van der Waals surface area contributed by atoms with E-state index in [0.29, 0.717) is 11.1 Å². The molecule has 1 aliphatic rings. The second-order valence-electron chi connectivity index (χ2n) is 10.2. The Morgan fingerprint density at radius 2 is 1.53 bits per heavy atom. The smallest absolute Gasteiger partial charge is 0.338 e. The molecule has 2 rings (SSSR count). The summed E-state index contributed by atoms with van der Waals surface area (Å²) in [5.74, 6) is -0.381. The summed E-state index contributed by atoms with van der Waals surface area (Å²) in [7, 11) is 1.64. The second-order valence-corrected chi connectivity index (χ2v) is 10.2. The van der Waals surface area contributed by atoms with Crippen molar-refractivity contribution in [3.8, 4) is 0 Å². The lowest BCUT2D eigenvalue weighted by Crippen LogP contribution is -2.40. The van der Waals surface area contributed by atoms with Crippen LogP contribution in [-0.4, -0.2) is 30.6 Å². The molecule has 0 N–H and O–H groups in total. The molecule has 0 saturated heterocycles. The van der Waals surface area contributed by atoms with E-state index >= 15 is 0 Å². The molecule has 1 aromatic rings. The first-order chi connectivity index (χ1) is 14.6. The van der Waals surface area contributed by atoms with Gasteiger partial charge in [-0.05, 0) is 109 Å². The molecule has 1 aromatic carbocycles. The summed E-state index contributed by atoms with van der Waals surface area (Å²) in [5, 5.41) is 0. The van der Waals surface area contributed by atoms with Crippen molar-refractivity contribution in [1.82, 2.24) is 0 Å². The van der Waals surface area contributed by atoms with Crippen molar-refractivity contribution in [3.63, 3.8) is 0 Å². The Hall–Kier alpha value is -2.46. The predicted molar refractivity (Wildman–Crippen MR) is 130 cm³/mol. The molecule has 0 heterocycles. The average Bonchev–Trinajstić information content (AvgIpc) is 2.66. The number of methoxy groups -OCH3 is 1. The highest BCUT2D eigenvalue weighted by molar-refractivity contribution is 6.06.